The first-order valence-corrected chi connectivity index (χ1v) is 7.94. The van der Waals surface area contributed by atoms with Crippen molar-refractivity contribution in [2.45, 2.75) is 38.3 Å². The molecule has 1 fully saturated rings. The first-order valence-electron chi connectivity index (χ1n) is 7.94. The summed E-state index contributed by atoms with van der Waals surface area (Å²) in [4.78, 5) is 4.44. The van der Waals surface area contributed by atoms with Gasteiger partial charge in [0.2, 0.25) is 0 Å². The summed E-state index contributed by atoms with van der Waals surface area (Å²) in [6.07, 6.45) is 7.86. The number of ether oxygens (including phenoxy) is 1. The van der Waals surface area contributed by atoms with Gasteiger partial charge in [0.1, 0.15) is 0 Å². The fraction of sp³-hybridized carbons (Fsp3) is 0.500. The molecule has 3 nitrogen and oxygen atoms in total. The molecular formula is C18H24N2O. The molecule has 0 saturated heterocycles. The Morgan fingerprint density at radius 3 is 2.81 bits per heavy atom. The number of methoxy groups -OCH3 is 1. The number of fused-ring (bicyclic) bond motifs is 1. The van der Waals surface area contributed by atoms with E-state index in [4.69, 9.17) is 4.74 Å². The minimum atomic E-state index is 0.223. The van der Waals surface area contributed by atoms with E-state index in [1.807, 2.05) is 19.5 Å². The summed E-state index contributed by atoms with van der Waals surface area (Å²) in [5.74, 6) is 0.684. The zero-order valence-corrected chi connectivity index (χ0v) is 12.9. The van der Waals surface area contributed by atoms with Crippen LogP contribution >= 0.6 is 0 Å². The molecule has 2 aromatic rings. The van der Waals surface area contributed by atoms with E-state index in [0.717, 1.165) is 13.0 Å². The predicted octanol–water partition coefficient (Wildman–Crippen LogP) is 3.70. The second-order valence-corrected chi connectivity index (χ2v) is 5.92. The molecule has 21 heavy (non-hydrogen) atoms. The van der Waals surface area contributed by atoms with Crippen LogP contribution in [-0.2, 0) is 4.74 Å². The van der Waals surface area contributed by atoms with Crippen LogP contribution in [0.1, 0.15) is 37.8 Å². The summed E-state index contributed by atoms with van der Waals surface area (Å²) in [6, 6.07) is 8.70. The van der Waals surface area contributed by atoms with E-state index in [0.29, 0.717) is 5.92 Å². The molecule has 0 radical (unpaired) electrons. The van der Waals surface area contributed by atoms with Gasteiger partial charge in [0.05, 0.1) is 12.1 Å². The molecule has 1 heterocycles. The highest BCUT2D eigenvalue weighted by molar-refractivity contribution is 5.85. The molecule has 1 aromatic carbocycles. The van der Waals surface area contributed by atoms with Crippen molar-refractivity contribution >= 4 is 10.8 Å². The highest BCUT2D eigenvalue weighted by Crippen LogP contribution is 2.40. The van der Waals surface area contributed by atoms with Gasteiger partial charge in [-0.2, -0.15) is 0 Å². The maximum absolute atomic E-state index is 5.85. The Balaban J connectivity index is 2.00. The van der Waals surface area contributed by atoms with E-state index in [-0.39, 0.29) is 12.1 Å². The van der Waals surface area contributed by atoms with Gasteiger partial charge in [0.15, 0.2) is 0 Å². The topological polar surface area (TPSA) is 34.2 Å². The maximum atomic E-state index is 5.85. The van der Waals surface area contributed by atoms with Crippen LogP contribution in [0, 0.1) is 5.92 Å². The Hall–Kier alpha value is -1.45. The Kier molecular flexibility index (Phi) is 4.51. The highest BCUT2D eigenvalue weighted by Gasteiger charge is 2.37. The lowest BCUT2D eigenvalue weighted by molar-refractivity contribution is 0.0510. The first kappa shape index (κ1) is 14.5. The number of hydrogen-bond acceptors (Lipinski definition) is 3. The molecule has 0 bridgehead atoms. The van der Waals surface area contributed by atoms with Crippen molar-refractivity contribution in [3.05, 3.63) is 42.2 Å². The minimum absolute atomic E-state index is 0.223. The van der Waals surface area contributed by atoms with Crippen molar-refractivity contribution in [2.75, 3.05) is 13.7 Å². The van der Waals surface area contributed by atoms with Crippen LogP contribution in [0.15, 0.2) is 36.7 Å². The lowest BCUT2D eigenvalue weighted by atomic mass is 9.95. The zero-order chi connectivity index (χ0) is 14.7. The summed E-state index contributed by atoms with van der Waals surface area (Å²) >= 11 is 0. The minimum Gasteiger partial charge on any atom is -0.379 e. The van der Waals surface area contributed by atoms with Gasteiger partial charge in [-0.15, -0.1) is 0 Å². The normalized spacial score (nSPS) is 17.8. The third kappa shape index (κ3) is 3.09. The van der Waals surface area contributed by atoms with Gasteiger partial charge >= 0.3 is 0 Å². The second-order valence-electron chi connectivity index (χ2n) is 5.92. The molecule has 2 atom stereocenters. The molecule has 0 spiro atoms. The fourth-order valence-electron chi connectivity index (χ4n) is 3.12. The SMILES string of the molecule is CCCNC(c1cncc2ccccc12)C(OC)C1CC1. The lowest BCUT2D eigenvalue weighted by Gasteiger charge is -2.28. The quantitative estimate of drug-likeness (QED) is 0.842. The molecule has 3 heteroatoms. The third-order valence-corrected chi connectivity index (χ3v) is 4.34. The van der Waals surface area contributed by atoms with Gasteiger partial charge in [0.25, 0.3) is 0 Å². The Morgan fingerprint density at radius 1 is 1.29 bits per heavy atom. The van der Waals surface area contributed by atoms with E-state index >= 15 is 0 Å². The number of rotatable bonds is 7. The fourth-order valence-corrected chi connectivity index (χ4v) is 3.12. The second kappa shape index (κ2) is 6.54. The maximum Gasteiger partial charge on any atom is 0.0794 e. The van der Waals surface area contributed by atoms with Crippen molar-refractivity contribution in [3.8, 4) is 0 Å². The van der Waals surface area contributed by atoms with E-state index in [1.54, 1.807) is 0 Å². The van der Waals surface area contributed by atoms with Gasteiger partial charge in [-0.1, -0.05) is 31.2 Å². The molecule has 1 aromatic heterocycles. The molecule has 1 N–H and O–H groups in total. The highest BCUT2D eigenvalue weighted by atomic mass is 16.5. The van der Waals surface area contributed by atoms with Gasteiger partial charge < -0.3 is 10.1 Å². The van der Waals surface area contributed by atoms with E-state index in [1.165, 1.54) is 29.2 Å². The Bertz CT molecular complexity index is 589. The van der Waals surface area contributed by atoms with E-state index < -0.39 is 0 Å². The molecule has 1 aliphatic carbocycles. The first-order chi connectivity index (χ1) is 10.3. The van der Waals surface area contributed by atoms with Gasteiger partial charge in [-0.3, -0.25) is 4.98 Å². The van der Waals surface area contributed by atoms with Crippen LogP contribution in [0.3, 0.4) is 0 Å². The summed E-state index contributed by atoms with van der Waals surface area (Å²) < 4.78 is 5.85. The van der Waals surface area contributed by atoms with Crippen LogP contribution in [0.25, 0.3) is 10.8 Å². The zero-order valence-electron chi connectivity index (χ0n) is 12.9. The summed E-state index contributed by atoms with van der Waals surface area (Å²) in [5.41, 5.74) is 1.26. The van der Waals surface area contributed by atoms with Crippen molar-refractivity contribution in [1.82, 2.24) is 10.3 Å². The molecule has 1 saturated carbocycles. The van der Waals surface area contributed by atoms with E-state index in [2.05, 4.69) is 41.5 Å². The van der Waals surface area contributed by atoms with E-state index in [9.17, 15) is 0 Å². The summed E-state index contributed by atoms with van der Waals surface area (Å²) in [7, 11) is 1.84. The Morgan fingerprint density at radius 2 is 2.10 bits per heavy atom. The van der Waals surface area contributed by atoms with Crippen LogP contribution in [-0.4, -0.2) is 24.7 Å². The van der Waals surface area contributed by atoms with Crippen molar-refractivity contribution in [2.24, 2.45) is 5.92 Å². The third-order valence-electron chi connectivity index (χ3n) is 4.34. The molecule has 0 aliphatic heterocycles. The number of nitrogens with zero attached hydrogens (tertiary/aromatic N) is 1. The van der Waals surface area contributed by atoms with Gasteiger partial charge in [-0.05, 0) is 42.7 Å². The standard InChI is InChI=1S/C18H24N2O/c1-3-10-20-17(18(21-2)13-8-9-13)16-12-19-11-14-6-4-5-7-15(14)16/h4-7,11-13,17-18,20H,3,8-10H2,1-2H3. The number of nitrogens with one attached hydrogen (secondary N) is 1. The smallest absolute Gasteiger partial charge is 0.0794 e. The van der Waals surface area contributed by atoms with Crippen molar-refractivity contribution < 1.29 is 4.74 Å². The average molecular weight is 284 g/mol. The molecule has 0 amide bonds. The predicted molar refractivity (Wildman–Crippen MR) is 86.3 cm³/mol. The molecule has 1 aliphatic rings. The Labute approximate surface area is 126 Å². The van der Waals surface area contributed by atoms with Crippen LogP contribution in [0.5, 0.6) is 0 Å². The number of aromatic nitrogens is 1. The van der Waals surface area contributed by atoms with Crippen LogP contribution in [0.2, 0.25) is 0 Å². The molecule has 2 unspecified atom stereocenters. The molecular weight excluding hydrogens is 260 g/mol. The lowest BCUT2D eigenvalue weighted by Crippen LogP contribution is -2.35. The summed E-state index contributed by atoms with van der Waals surface area (Å²) in [6.45, 7) is 3.20. The molecule has 3 rings (SSSR count). The van der Waals surface area contributed by atoms with Crippen molar-refractivity contribution in [3.63, 3.8) is 0 Å². The summed E-state index contributed by atoms with van der Waals surface area (Å²) in [5, 5.41) is 6.16. The number of pyridine rings is 1. The number of benzene rings is 1. The van der Waals surface area contributed by atoms with Crippen LogP contribution < -0.4 is 5.32 Å². The average Bonchev–Trinajstić information content (AvgIpc) is 3.36. The van der Waals surface area contributed by atoms with Crippen LogP contribution in [0.4, 0.5) is 0 Å². The van der Waals surface area contributed by atoms with Gasteiger partial charge in [-0.25, -0.2) is 0 Å². The number of hydrogen-bond donors (Lipinski definition) is 1. The largest absolute Gasteiger partial charge is 0.379 e. The van der Waals surface area contributed by atoms with Gasteiger partial charge in [0, 0.05) is 24.9 Å². The molecule has 112 valence electrons. The monoisotopic (exact) mass is 284 g/mol. The van der Waals surface area contributed by atoms with Crippen molar-refractivity contribution in [1.29, 1.82) is 0 Å².